The summed E-state index contributed by atoms with van der Waals surface area (Å²) in [5.41, 5.74) is 6.05. The summed E-state index contributed by atoms with van der Waals surface area (Å²) in [6.07, 6.45) is 0.877. The average molecular weight is 383 g/mol. The highest BCUT2D eigenvalue weighted by atomic mass is 32.2. The minimum Gasteiger partial charge on any atom is -0.369 e. The molecule has 1 saturated heterocycles. The van der Waals surface area contributed by atoms with E-state index in [4.69, 9.17) is 5.73 Å². The first-order chi connectivity index (χ1) is 11.7. The molecule has 0 spiro atoms. The van der Waals surface area contributed by atoms with Crippen molar-refractivity contribution < 1.29 is 13.2 Å². The standard InChI is InChI=1S/C16H21N3O4S2/c1-10(2)19-13-4-3-12(9-14(13)24-16(19)21)25(22,23)18-7-5-11(6-8-18)15(17)20/h3-4,9-11H,5-8H2,1-2H3,(H2,17,20). The summed E-state index contributed by atoms with van der Waals surface area (Å²) < 4.78 is 29.4. The van der Waals surface area contributed by atoms with Crippen molar-refractivity contribution in [3.05, 3.63) is 27.9 Å². The van der Waals surface area contributed by atoms with E-state index in [0.29, 0.717) is 17.5 Å². The molecule has 0 atom stereocenters. The van der Waals surface area contributed by atoms with Crippen molar-refractivity contribution in [2.45, 2.75) is 37.6 Å². The minimum atomic E-state index is -3.65. The van der Waals surface area contributed by atoms with Gasteiger partial charge in [0.1, 0.15) is 0 Å². The van der Waals surface area contributed by atoms with E-state index in [9.17, 15) is 18.0 Å². The van der Waals surface area contributed by atoms with Crippen LogP contribution in [0.15, 0.2) is 27.9 Å². The predicted molar refractivity (Wildman–Crippen MR) is 97.1 cm³/mol. The number of amides is 1. The molecule has 2 N–H and O–H groups in total. The highest BCUT2D eigenvalue weighted by Crippen LogP contribution is 2.28. The summed E-state index contributed by atoms with van der Waals surface area (Å²) in [6, 6.07) is 4.81. The Labute approximate surface area is 150 Å². The zero-order chi connectivity index (χ0) is 18.4. The van der Waals surface area contributed by atoms with Crippen LogP contribution in [-0.2, 0) is 14.8 Å². The summed E-state index contributed by atoms with van der Waals surface area (Å²) in [6.45, 7) is 4.39. The number of aromatic nitrogens is 1. The number of nitrogens with zero attached hydrogens (tertiary/aromatic N) is 2. The Hall–Kier alpha value is -1.71. The maximum atomic E-state index is 12.9. The summed E-state index contributed by atoms with van der Waals surface area (Å²) in [7, 11) is -3.65. The van der Waals surface area contributed by atoms with E-state index in [1.54, 1.807) is 22.8 Å². The fourth-order valence-electron chi connectivity index (χ4n) is 3.20. The molecule has 3 rings (SSSR count). The summed E-state index contributed by atoms with van der Waals surface area (Å²) in [4.78, 5) is 23.4. The van der Waals surface area contributed by atoms with Crippen molar-refractivity contribution in [1.82, 2.24) is 8.87 Å². The normalized spacial score (nSPS) is 17.4. The second-order valence-electron chi connectivity index (χ2n) is 6.54. The van der Waals surface area contributed by atoms with Gasteiger partial charge in [-0.2, -0.15) is 4.31 Å². The van der Waals surface area contributed by atoms with Gasteiger partial charge in [0.15, 0.2) is 0 Å². The van der Waals surface area contributed by atoms with Crippen LogP contribution in [0.25, 0.3) is 10.2 Å². The van der Waals surface area contributed by atoms with E-state index in [1.165, 1.54) is 4.31 Å². The monoisotopic (exact) mass is 383 g/mol. The van der Waals surface area contributed by atoms with E-state index >= 15 is 0 Å². The molecule has 0 saturated carbocycles. The molecule has 136 valence electrons. The number of hydrogen-bond acceptors (Lipinski definition) is 5. The molecule has 0 unspecified atom stereocenters. The molecule has 25 heavy (non-hydrogen) atoms. The van der Waals surface area contributed by atoms with Gasteiger partial charge in [0, 0.05) is 25.0 Å². The molecule has 0 aliphatic carbocycles. The second-order valence-corrected chi connectivity index (χ2v) is 9.47. The van der Waals surface area contributed by atoms with Crippen LogP contribution < -0.4 is 10.6 Å². The third kappa shape index (κ3) is 3.23. The van der Waals surface area contributed by atoms with Crippen molar-refractivity contribution in [2.24, 2.45) is 11.7 Å². The number of fused-ring (bicyclic) bond motifs is 1. The Kier molecular flexibility index (Phi) is 4.74. The highest BCUT2D eigenvalue weighted by Gasteiger charge is 2.31. The van der Waals surface area contributed by atoms with Crippen LogP contribution in [0.4, 0.5) is 0 Å². The number of primary amides is 1. The number of thiazole rings is 1. The number of sulfonamides is 1. The zero-order valence-corrected chi connectivity index (χ0v) is 15.8. The number of carbonyl (C=O) groups excluding carboxylic acids is 1. The van der Waals surface area contributed by atoms with Crippen molar-refractivity contribution in [3.8, 4) is 0 Å². The molecule has 1 aliphatic heterocycles. The summed E-state index contributed by atoms with van der Waals surface area (Å²) in [5.74, 6) is -0.641. The minimum absolute atomic E-state index is 0.0107. The van der Waals surface area contributed by atoms with Gasteiger partial charge in [-0.3, -0.25) is 14.2 Å². The van der Waals surface area contributed by atoms with Gasteiger partial charge in [0.05, 0.1) is 15.1 Å². The van der Waals surface area contributed by atoms with Gasteiger partial charge >= 0.3 is 4.87 Å². The number of carbonyl (C=O) groups is 1. The molecule has 1 aromatic heterocycles. The molecule has 7 nitrogen and oxygen atoms in total. The fourth-order valence-corrected chi connectivity index (χ4v) is 5.82. The Balaban J connectivity index is 1.93. The van der Waals surface area contributed by atoms with Gasteiger partial charge in [-0.1, -0.05) is 11.3 Å². The summed E-state index contributed by atoms with van der Waals surface area (Å²) in [5, 5.41) is 0. The van der Waals surface area contributed by atoms with Crippen molar-refractivity contribution in [2.75, 3.05) is 13.1 Å². The van der Waals surface area contributed by atoms with Crippen LogP contribution in [0.2, 0.25) is 0 Å². The van der Waals surface area contributed by atoms with Crippen LogP contribution in [0.1, 0.15) is 32.7 Å². The molecule has 9 heteroatoms. The maximum absolute atomic E-state index is 12.9. The van der Waals surface area contributed by atoms with Crippen molar-refractivity contribution >= 4 is 37.5 Å². The van der Waals surface area contributed by atoms with Crippen LogP contribution >= 0.6 is 11.3 Å². The number of hydrogen-bond donors (Lipinski definition) is 1. The molecule has 1 fully saturated rings. The topological polar surface area (TPSA) is 102 Å². The Morgan fingerprint density at radius 1 is 1.28 bits per heavy atom. The molecule has 1 aliphatic rings. The Morgan fingerprint density at radius 3 is 2.48 bits per heavy atom. The fraction of sp³-hybridized carbons (Fsp3) is 0.500. The smallest absolute Gasteiger partial charge is 0.308 e. The maximum Gasteiger partial charge on any atom is 0.308 e. The zero-order valence-electron chi connectivity index (χ0n) is 14.1. The third-order valence-corrected chi connectivity index (χ3v) is 7.41. The van der Waals surface area contributed by atoms with Gasteiger partial charge in [-0.15, -0.1) is 0 Å². The lowest BCUT2D eigenvalue weighted by Crippen LogP contribution is -2.41. The van der Waals surface area contributed by atoms with Gasteiger partial charge in [0.2, 0.25) is 15.9 Å². The molecular formula is C16H21N3O4S2. The van der Waals surface area contributed by atoms with Crippen molar-refractivity contribution in [3.63, 3.8) is 0 Å². The quantitative estimate of drug-likeness (QED) is 0.865. The van der Waals surface area contributed by atoms with Crippen LogP contribution in [-0.4, -0.2) is 36.3 Å². The first kappa shape index (κ1) is 18.1. The first-order valence-corrected chi connectivity index (χ1v) is 10.4. The highest BCUT2D eigenvalue weighted by molar-refractivity contribution is 7.89. The lowest BCUT2D eigenvalue weighted by Gasteiger charge is -2.29. The van der Waals surface area contributed by atoms with Gasteiger partial charge in [-0.25, -0.2) is 8.42 Å². The number of nitrogens with two attached hydrogens (primary N) is 1. The second kappa shape index (κ2) is 6.54. The van der Waals surface area contributed by atoms with E-state index in [1.807, 2.05) is 13.8 Å². The van der Waals surface area contributed by atoms with E-state index in [-0.39, 0.29) is 40.7 Å². The van der Waals surface area contributed by atoms with Gasteiger partial charge in [-0.05, 0) is 44.9 Å². The SMILES string of the molecule is CC(C)n1c(=O)sc2cc(S(=O)(=O)N3CCC(C(N)=O)CC3)ccc21. The molecule has 0 radical (unpaired) electrons. The van der Waals surface area contributed by atoms with Crippen LogP contribution in [0, 0.1) is 5.92 Å². The van der Waals surface area contributed by atoms with Crippen LogP contribution in [0.5, 0.6) is 0 Å². The lowest BCUT2D eigenvalue weighted by molar-refractivity contribution is -0.122. The Morgan fingerprint density at radius 2 is 1.92 bits per heavy atom. The summed E-state index contributed by atoms with van der Waals surface area (Å²) >= 11 is 1.05. The largest absolute Gasteiger partial charge is 0.369 e. The van der Waals surface area contributed by atoms with Crippen molar-refractivity contribution in [1.29, 1.82) is 0 Å². The predicted octanol–water partition coefficient (Wildman–Crippen LogP) is 1.53. The van der Waals surface area contributed by atoms with E-state index < -0.39 is 10.0 Å². The average Bonchev–Trinajstić information content (AvgIpc) is 2.89. The molecule has 1 aromatic carbocycles. The lowest BCUT2D eigenvalue weighted by atomic mass is 9.98. The number of rotatable bonds is 4. The molecule has 0 bridgehead atoms. The number of piperidine rings is 1. The van der Waals surface area contributed by atoms with E-state index in [0.717, 1.165) is 16.9 Å². The molecule has 2 heterocycles. The molecular weight excluding hydrogens is 362 g/mol. The van der Waals surface area contributed by atoms with Gasteiger partial charge < -0.3 is 5.73 Å². The van der Waals surface area contributed by atoms with Crippen LogP contribution in [0.3, 0.4) is 0 Å². The number of benzene rings is 1. The molecule has 2 aromatic rings. The first-order valence-electron chi connectivity index (χ1n) is 8.16. The van der Waals surface area contributed by atoms with E-state index in [2.05, 4.69) is 0 Å². The Bertz CT molecular complexity index is 967. The van der Waals surface area contributed by atoms with Gasteiger partial charge in [0.25, 0.3) is 0 Å². The molecule has 1 amide bonds. The third-order valence-electron chi connectivity index (χ3n) is 4.60.